The number of hydrogen-bond donors (Lipinski definition) is 3. The summed E-state index contributed by atoms with van der Waals surface area (Å²) in [4.78, 5) is 4.57. The van der Waals surface area contributed by atoms with Gasteiger partial charge in [0.05, 0.1) is 36.6 Å². The van der Waals surface area contributed by atoms with Crippen LogP contribution in [0.3, 0.4) is 0 Å². The number of rotatable bonds is 10. The number of halogens is 2. The Labute approximate surface area is 225 Å². The molecule has 1 aromatic carbocycles. The van der Waals surface area contributed by atoms with Crippen molar-refractivity contribution in [3.05, 3.63) is 53.7 Å². The first-order chi connectivity index (χ1) is 18.4. The highest BCUT2D eigenvalue weighted by Gasteiger charge is 2.27. The van der Waals surface area contributed by atoms with Crippen molar-refractivity contribution in [1.29, 1.82) is 0 Å². The fraction of sp³-hybridized carbons (Fsp3) is 0.444. The lowest BCUT2D eigenvalue weighted by molar-refractivity contribution is 0.0838. The Bertz CT molecular complexity index is 1380. The molecule has 3 N–H and O–H groups in total. The molecular weight excluding hydrogens is 511 g/mol. The fourth-order valence-corrected chi connectivity index (χ4v) is 5.10. The molecule has 5 rings (SSSR count). The molecule has 0 aliphatic heterocycles. The number of aryl methyl sites for hydroxylation is 1. The number of nitrogens with one attached hydrogen (secondary N) is 1. The first-order valence-corrected chi connectivity index (χ1v) is 13.4. The lowest BCUT2D eigenvalue weighted by Crippen LogP contribution is -2.26. The number of fused-ring (bicyclic) bond motifs is 1. The molecule has 0 bridgehead atoms. The van der Waals surface area contributed by atoms with E-state index < -0.39 is 11.9 Å². The Kier molecular flexibility index (Phi) is 8.11. The molecule has 3 aromatic heterocycles. The summed E-state index contributed by atoms with van der Waals surface area (Å²) in [6.45, 7) is 3.00. The predicted octanol–water partition coefficient (Wildman–Crippen LogP) is 4.83. The summed E-state index contributed by atoms with van der Waals surface area (Å²) >= 11 is 5.87. The standard InChI is InChI=1S/C27H32ClFN6O3/c1-2-30-26-12-24-22(14-31-26)27(17-13-32-34(15-17)10-9-20(37)16-36)33-35(24)19-4-6-21(7-5-19)38-25-8-3-18(28)11-23(25)29/h3,8,11-15,19-21,36-37H,2,4-7,9-10,16H2,1H3,(H,30,31)/t19?,20-,21?/m1/s1. The molecule has 0 spiro atoms. The monoisotopic (exact) mass is 542 g/mol. The third-order valence-corrected chi connectivity index (χ3v) is 7.17. The summed E-state index contributed by atoms with van der Waals surface area (Å²) in [5.41, 5.74) is 2.65. The molecule has 0 amide bonds. The van der Waals surface area contributed by atoms with Gasteiger partial charge in [-0.05, 0) is 57.2 Å². The molecule has 9 nitrogen and oxygen atoms in total. The zero-order valence-electron chi connectivity index (χ0n) is 21.2. The van der Waals surface area contributed by atoms with Crippen LogP contribution in [0, 0.1) is 5.82 Å². The second kappa shape index (κ2) is 11.7. The Morgan fingerprint density at radius 2 is 2.03 bits per heavy atom. The molecule has 0 saturated heterocycles. The van der Waals surface area contributed by atoms with E-state index >= 15 is 0 Å². The Hall–Kier alpha value is -3.21. The lowest BCUT2D eigenvalue weighted by atomic mass is 9.93. The molecule has 3 heterocycles. The van der Waals surface area contributed by atoms with E-state index in [1.165, 1.54) is 6.07 Å². The molecule has 1 saturated carbocycles. The second-order valence-electron chi connectivity index (χ2n) is 9.65. The van der Waals surface area contributed by atoms with Crippen LogP contribution in [-0.4, -0.2) is 60.1 Å². The van der Waals surface area contributed by atoms with Crippen molar-refractivity contribution >= 4 is 28.3 Å². The van der Waals surface area contributed by atoms with Crippen LogP contribution >= 0.6 is 11.6 Å². The van der Waals surface area contributed by atoms with E-state index in [1.54, 1.807) is 23.0 Å². The summed E-state index contributed by atoms with van der Waals surface area (Å²) in [5.74, 6) is 0.573. The van der Waals surface area contributed by atoms with Crippen LogP contribution in [0.1, 0.15) is 45.1 Å². The van der Waals surface area contributed by atoms with Gasteiger partial charge in [0.25, 0.3) is 0 Å². The minimum atomic E-state index is -0.772. The van der Waals surface area contributed by atoms with E-state index in [0.717, 1.165) is 60.2 Å². The van der Waals surface area contributed by atoms with Crippen molar-refractivity contribution < 1.29 is 19.3 Å². The number of aliphatic hydroxyl groups excluding tert-OH is 2. The number of hydrogen-bond acceptors (Lipinski definition) is 7. The van der Waals surface area contributed by atoms with Crippen molar-refractivity contribution in [2.45, 2.75) is 63.8 Å². The number of aliphatic hydroxyl groups is 2. The van der Waals surface area contributed by atoms with Gasteiger partial charge in [-0.1, -0.05) is 11.6 Å². The van der Waals surface area contributed by atoms with Gasteiger partial charge in [0.2, 0.25) is 0 Å². The summed E-state index contributed by atoms with van der Waals surface area (Å²) < 4.78 is 24.0. The van der Waals surface area contributed by atoms with Crippen LogP contribution in [0.15, 0.2) is 42.9 Å². The van der Waals surface area contributed by atoms with Gasteiger partial charge in [-0.3, -0.25) is 9.36 Å². The number of anilines is 1. The van der Waals surface area contributed by atoms with E-state index in [1.807, 2.05) is 25.4 Å². The second-order valence-corrected chi connectivity index (χ2v) is 10.1. The van der Waals surface area contributed by atoms with Gasteiger partial charge in [0, 0.05) is 47.5 Å². The maximum atomic E-state index is 14.2. The maximum absolute atomic E-state index is 14.2. The summed E-state index contributed by atoms with van der Waals surface area (Å²) in [6, 6.07) is 6.68. The highest BCUT2D eigenvalue weighted by atomic mass is 35.5. The molecular formula is C27H32ClFN6O3. The summed E-state index contributed by atoms with van der Waals surface area (Å²) in [5, 5.41) is 32.8. The molecule has 11 heteroatoms. The largest absolute Gasteiger partial charge is 0.487 e. The van der Waals surface area contributed by atoms with Gasteiger partial charge in [0.15, 0.2) is 11.6 Å². The first kappa shape index (κ1) is 26.4. The topological polar surface area (TPSA) is 110 Å². The highest BCUT2D eigenvalue weighted by molar-refractivity contribution is 6.30. The summed E-state index contributed by atoms with van der Waals surface area (Å²) in [7, 11) is 0. The number of ether oxygens (including phenoxy) is 1. The van der Waals surface area contributed by atoms with Crippen LogP contribution in [0.2, 0.25) is 5.02 Å². The van der Waals surface area contributed by atoms with E-state index in [4.69, 9.17) is 26.5 Å². The van der Waals surface area contributed by atoms with Crippen molar-refractivity contribution in [2.75, 3.05) is 18.5 Å². The van der Waals surface area contributed by atoms with Crippen molar-refractivity contribution in [3.8, 4) is 17.0 Å². The smallest absolute Gasteiger partial charge is 0.166 e. The number of aromatic nitrogens is 5. The minimum Gasteiger partial charge on any atom is -0.487 e. The molecule has 0 unspecified atom stereocenters. The number of pyridine rings is 1. The Morgan fingerprint density at radius 1 is 1.21 bits per heavy atom. The third-order valence-electron chi connectivity index (χ3n) is 6.94. The highest BCUT2D eigenvalue weighted by Crippen LogP contribution is 2.37. The van der Waals surface area contributed by atoms with E-state index in [9.17, 15) is 9.50 Å². The number of benzene rings is 1. The van der Waals surface area contributed by atoms with Gasteiger partial charge >= 0.3 is 0 Å². The average molecular weight is 543 g/mol. The SMILES string of the molecule is CCNc1cc2c(cn1)c(-c1cnn(CC[C@@H](O)CO)c1)nn2C1CCC(Oc2ccc(Cl)cc2F)CC1. The quantitative estimate of drug-likeness (QED) is 0.263. The van der Waals surface area contributed by atoms with E-state index in [0.29, 0.717) is 18.0 Å². The third kappa shape index (κ3) is 5.77. The van der Waals surface area contributed by atoms with Crippen LogP contribution < -0.4 is 10.1 Å². The van der Waals surface area contributed by atoms with Gasteiger partial charge in [-0.2, -0.15) is 10.2 Å². The van der Waals surface area contributed by atoms with E-state index in [-0.39, 0.29) is 24.5 Å². The Balaban J connectivity index is 1.37. The molecule has 4 aromatic rings. The normalized spacial score (nSPS) is 18.6. The van der Waals surface area contributed by atoms with Gasteiger partial charge in [-0.15, -0.1) is 0 Å². The Morgan fingerprint density at radius 3 is 2.76 bits per heavy atom. The molecule has 0 radical (unpaired) electrons. The fourth-order valence-electron chi connectivity index (χ4n) is 4.94. The summed E-state index contributed by atoms with van der Waals surface area (Å²) in [6.07, 6.45) is 8.31. The first-order valence-electron chi connectivity index (χ1n) is 13.0. The molecule has 1 atom stereocenters. The van der Waals surface area contributed by atoms with Gasteiger partial charge in [-0.25, -0.2) is 9.37 Å². The maximum Gasteiger partial charge on any atom is 0.166 e. The van der Waals surface area contributed by atoms with E-state index in [2.05, 4.69) is 20.1 Å². The van der Waals surface area contributed by atoms with Gasteiger partial charge < -0.3 is 20.3 Å². The van der Waals surface area contributed by atoms with Crippen LogP contribution in [0.4, 0.5) is 10.2 Å². The average Bonchev–Trinajstić information content (AvgIpc) is 3.54. The van der Waals surface area contributed by atoms with Crippen molar-refractivity contribution in [3.63, 3.8) is 0 Å². The number of nitrogens with zero attached hydrogens (tertiary/aromatic N) is 5. The molecule has 1 aliphatic rings. The van der Waals surface area contributed by atoms with Crippen molar-refractivity contribution in [1.82, 2.24) is 24.5 Å². The van der Waals surface area contributed by atoms with Crippen LogP contribution in [0.25, 0.3) is 22.2 Å². The predicted molar refractivity (Wildman–Crippen MR) is 144 cm³/mol. The molecule has 202 valence electrons. The minimum absolute atomic E-state index is 0.0743. The lowest BCUT2D eigenvalue weighted by Gasteiger charge is -2.29. The zero-order valence-corrected chi connectivity index (χ0v) is 22.0. The molecule has 1 aliphatic carbocycles. The van der Waals surface area contributed by atoms with Crippen LogP contribution in [0.5, 0.6) is 5.75 Å². The van der Waals surface area contributed by atoms with Crippen molar-refractivity contribution in [2.24, 2.45) is 0 Å². The van der Waals surface area contributed by atoms with Gasteiger partial charge in [0.1, 0.15) is 11.5 Å². The molecule has 1 fully saturated rings. The zero-order chi connectivity index (χ0) is 26.6. The molecule has 38 heavy (non-hydrogen) atoms. The van der Waals surface area contributed by atoms with Crippen LogP contribution in [-0.2, 0) is 6.54 Å².